The van der Waals surface area contributed by atoms with Crippen LogP contribution in [0.2, 0.25) is 0 Å². The second kappa shape index (κ2) is 7.27. The third-order valence-electron chi connectivity index (χ3n) is 6.71. The van der Waals surface area contributed by atoms with Gasteiger partial charge in [-0.25, -0.2) is 0 Å². The van der Waals surface area contributed by atoms with Crippen LogP contribution in [-0.4, -0.2) is 46.6 Å². The molecule has 3 aromatic rings. The minimum Gasteiger partial charge on any atom is -0.278 e. The lowest BCUT2D eigenvalue weighted by Crippen LogP contribution is -2.51. The van der Waals surface area contributed by atoms with E-state index in [1.807, 2.05) is 39.0 Å². The number of imide groups is 2. The second-order valence-electron chi connectivity index (χ2n) is 8.82. The molecule has 3 aromatic carbocycles. The van der Waals surface area contributed by atoms with E-state index in [4.69, 9.17) is 0 Å². The molecular formula is C26H23N3O4. The topological polar surface area (TPSA) is 78.0 Å². The van der Waals surface area contributed by atoms with Crippen molar-refractivity contribution in [2.75, 3.05) is 12.1 Å². The maximum absolute atomic E-state index is 13.5. The van der Waals surface area contributed by atoms with E-state index in [0.717, 1.165) is 5.01 Å². The maximum Gasteiger partial charge on any atom is 0.280 e. The maximum atomic E-state index is 13.5. The Morgan fingerprint density at radius 2 is 1.06 bits per heavy atom. The number of rotatable bonds is 4. The minimum absolute atomic E-state index is 0.0811. The van der Waals surface area contributed by atoms with Crippen LogP contribution in [0.5, 0.6) is 0 Å². The van der Waals surface area contributed by atoms with Crippen molar-refractivity contribution in [2.24, 2.45) is 5.92 Å². The number of hydrogen-bond acceptors (Lipinski definition) is 5. The van der Waals surface area contributed by atoms with Gasteiger partial charge in [0.25, 0.3) is 23.6 Å². The molecule has 0 aromatic heterocycles. The van der Waals surface area contributed by atoms with Crippen LogP contribution in [0.25, 0.3) is 10.8 Å². The van der Waals surface area contributed by atoms with Gasteiger partial charge in [0.2, 0.25) is 0 Å². The van der Waals surface area contributed by atoms with Gasteiger partial charge in [-0.05, 0) is 49.2 Å². The van der Waals surface area contributed by atoms with E-state index in [1.165, 1.54) is 9.91 Å². The molecule has 2 aliphatic rings. The number of carbonyl (C=O) groups excluding carboxylic acids is 4. The Morgan fingerprint density at radius 1 is 0.636 bits per heavy atom. The molecule has 166 valence electrons. The zero-order valence-corrected chi connectivity index (χ0v) is 18.8. The molecule has 0 N–H and O–H groups in total. The van der Waals surface area contributed by atoms with E-state index >= 15 is 0 Å². The first-order chi connectivity index (χ1) is 15.7. The summed E-state index contributed by atoms with van der Waals surface area (Å²) in [5, 5.41) is 3.36. The van der Waals surface area contributed by atoms with Crippen molar-refractivity contribution < 1.29 is 19.2 Å². The summed E-state index contributed by atoms with van der Waals surface area (Å²) in [5.41, 5.74) is 1.93. The van der Waals surface area contributed by atoms with Gasteiger partial charge in [-0.2, -0.15) is 5.01 Å². The summed E-state index contributed by atoms with van der Waals surface area (Å²) in [5.74, 6) is -1.72. The first-order valence-electron chi connectivity index (χ1n) is 10.9. The molecule has 0 radical (unpaired) electrons. The predicted octanol–water partition coefficient (Wildman–Crippen LogP) is 4.13. The molecular weight excluding hydrogens is 418 g/mol. The van der Waals surface area contributed by atoms with E-state index in [-0.39, 0.29) is 12.0 Å². The summed E-state index contributed by atoms with van der Waals surface area (Å²) in [7, 11) is 1.65. The fourth-order valence-electron chi connectivity index (χ4n) is 4.58. The predicted molar refractivity (Wildman–Crippen MR) is 124 cm³/mol. The average molecular weight is 441 g/mol. The molecule has 2 heterocycles. The lowest BCUT2D eigenvalue weighted by Gasteiger charge is -2.37. The molecule has 7 heteroatoms. The number of benzene rings is 3. The Hall–Kier alpha value is -4.00. The molecule has 0 spiro atoms. The number of amides is 4. The van der Waals surface area contributed by atoms with E-state index in [1.54, 1.807) is 43.4 Å². The zero-order chi connectivity index (χ0) is 23.6. The van der Waals surface area contributed by atoms with Crippen molar-refractivity contribution in [2.45, 2.75) is 26.8 Å². The Morgan fingerprint density at radius 3 is 1.48 bits per heavy atom. The summed E-state index contributed by atoms with van der Waals surface area (Å²) in [4.78, 5) is 54.9. The summed E-state index contributed by atoms with van der Waals surface area (Å²) in [6, 6.07) is 15.2. The van der Waals surface area contributed by atoms with Gasteiger partial charge in [0.05, 0.1) is 16.8 Å². The van der Waals surface area contributed by atoms with Crippen molar-refractivity contribution >= 4 is 40.1 Å². The van der Waals surface area contributed by atoms with Gasteiger partial charge in [-0.1, -0.05) is 32.0 Å². The number of carbonyl (C=O) groups is 4. The minimum atomic E-state index is -0.500. The van der Waals surface area contributed by atoms with Crippen LogP contribution < -0.4 is 5.01 Å². The normalized spacial score (nSPS) is 16.2. The van der Waals surface area contributed by atoms with Crippen molar-refractivity contribution in [3.8, 4) is 0 Å². The van der Waals surface area contributed by atoms with Crippen molar-refractivity contribution in [3.05, 3.63) is 76.9 Å². The van der Waals surface area contributed by atoms with Crippen molar-refractivity contribution in [1.29, 1.82) is 0 Å². The number of hydrazine groups is 1. The van der Waals surface area contributed by atoms with Gasteiger partial charge in [-0.3, -0.25) is 29.1 Å². The van der Waals surface area contributed by atoms with Gasteiger partial charge in [0.1, 0.15) is 0 Å². The van der Waals surface area contributed by atoms with Gasteiger partial charge in [0.15, 0.2) is 0 Å². The van der Waals surface area contributed by atoms with Gasteiger partial charge < -0.3 is 0 Å². The van der Waals surface area contributed by atoms with Gasteiger partial charge in [-0.15, -0.1) is 0 Å². The summed E-state index contributed by atoms with van der Waals surface area (Å²) < 4.78 is 0. The van der Waals surface area contributed by atoms with E-state index < -0.39 is 23.6 Å². The number of para-hydroxylation sites is 1. The van der Waals surface area contributed by atoms with Crippen molar-refractivity contribution in [3.63, 3.8) is 0 Å². The summed E-state index contributed by atoms with van der Waals surface area (Å²) >= 11 is 0. The average Bonchev–Trinajstić information content (AvgIpc) is 2.81. The standard InChI is InChI=1S/C26H23N3O4/c1-14(2)15(3)28-23(30)17-10-12-19-22-20(13-11-18(21(17)22)24(28)31)26(33)29(25(19)32)27(4)16-8-6-5-7-9-16/h5-15H,1-4H3. The van der Waals surface area contributed by atoms with Crippen LogP contribution in [0.3, 0.4) is 0 Å². The number of nitrogens with zero attached hydrogens (tertiary/aromatic N) is 3. The molecule has 0 fully saturated rings. The monoisotopic (exact) mass is 441 g/mol. The van der Waals surface area contributed by atoms with Crippen molar-refractivity contribution in [1.82, 2.24) is 9.91 Å². The fourth-order valence-corrected chi connectivity index (χ4v) is 4.58. The van der Waals surface area contributed by atoms with Crippen LogP contribution >= 0.6 is 0 Å². The Bertz CT molecular complexity index is 1290. The first-order valence-corrected chi connectivity index (χ1v) is 10.9. The van der Waals surface area contributed by atoms with E-state index in [2.05, 4.69) is 0 Å². The molecule has 5 rings (SSSR count). The molecule has 1 atom stereocenters. The van der Waals surface area contributed by atoms with Gasteiger partial charge in [0, 0.05) is 35.0 Å². The SMILES string of the molecule is CC(C)C(C)N1C(=O)c2ccc3c4c(ccc(c24)C1=O)C(=O)N(N(C)c1ccccc1)C3=O. The smallest absolute Gasteiger partial charge is 0.278 e. The lowest BCUT2D eigenvalue weighted by atomic mass is 9.85. The highest BCUT2D eigenvalue weighted by Crippen LogP contribution is 2.39. The first kappa shape index (κ1) is 20.9. The van der Waals surface area contributed by atoms with Crippen LogP contribution in [-0.2, 0) is 0 Å². The third-order valence-corrected chi connectivity index (χ3v) is 6.71. The number of anilines is 1. The molecule has 0 bridgehead atoms. The zero-order valence-electron chi connectivity index (χ0n) is 18.8. The molecule has 7 nitrogen and oxygen atoms in total. The van der Waals surface area contributed by atoms with Crippen LogP contribution in [0.4, 0.5) is 5.69 Å². The quantitative estimate of drug-likeness (QED) is 0.569. The Labute approximate surface area is 191 Å². The summed E-state index contributed by atoms with van der Waals surface area (Å²) in [6.45, 7) is 5.75. The van der Waals surface area contributed by atoms with Crippen LogP contribution in [0, 0.1) is 5.92 Å². The molecule has 0 saturated carbocycles. The molecule has 4 amide bonds. The lowest BCUT2D eigenvalue weighted by molar-refractivity contribution is 0.0508. The third kappa shape index (κ3) is 2.81. The highest BCUT2D eigenvalue weighted by molar-refractivity contribution is 6.33. The molecule has 33 heavy (non-hydrogen) atoms. The largest absolute Gasteiger partial charge is 0.280 e. The number of hydrogen-bond donors (Lipinski definition) is 0. The van der Waals surface area contributed by atoms with Crippen LogP contribution in [0.1, 0.15) is 62.2 Å². The highest BCUT2D eigenvalue weighted by atomic mass is 16.2. The Kier molecular flexibility index (Phi) is 4.60. The highest BCUT2D eigenvalue weighted by Gasteiger charge is 2.42. The van der Waals surface area contributed by atoms with Gasteiger partial charge >= 0.3 is 0 Å². The second-order valence-corrected chi connectivity index (χ2v) is 8.82. The van der Waals surface area contributed by atoms with E-state index in [0.29, 0.717) is 38.7 Å². The molecule has 1 unspecified atom stereocenters. The molecule has 0 saturated heterocycles. The van der Waals surface area contributed by atoms with Crippen LogP contribution in [0.15, 0.2) is 54.6 Å². The molecule has 0 aliphatic carbocycles. The summed E-state index contributed by atoms with van der Waals surface area (Å²) in [6.07, 6.45) is 0. The Balaban J connectivity index is 1.69. The fraction of sp³-hybridized carbons (Fsp3) is 0.231. The van der Waals surface area contributed by atoms with E-state index in [9.17, 15) is 19.2 Å². The molecule has 2 aliphatic heterocycles.